The molecule has 0 aliphatic carbocycles. The van der Waals surface area contributed by atoms with E-state index < -0.39 is 5.97 Å². The number of fused-ring (bicyclic) bond motifs is 3. The summed E-state index contributed by atoms with van der Waals surface area (Å²) >= 11 is 1.50. The smallest absolute Gasteiger partial charge is 0.357 e. The van der Waals surface area contributed by atoms with Crippen molar-refractivity contribution in [2.75, 3.05) is 0 Å². The van der Waals surface area contributed by atoms with Gasteiger partial charge in [-0.15, -0.1) is 21.5 Å². The summed E-state index contributed by atoms with van der Waals surface area (Å²) in [5.74, 6) is -1.04. The van der Waals surface area contributed by atoms with Crippen molar-refractivity contribution in [3.8, 4) is 11.3 Å². The van der Waals surface area contributed by atoms with Crippen LogP contribution >= 0.6 is 11.3 Å². The lowest BCUT2D eigenvalue weighted by Gasteiger charge is -2.01. The van der Waals surface area contributed by atoms with E-state index in [2.05, 4.69) is 10.2 Å². The van der Waals surface area contributed by atoms with Crippen LogP contribution in [0.4, 0.5) is 0 Å². The summed E-state index contributed by atoms with van der Waals surface area (Å²) in [6.07, 6.45) is 0. The molecule has 3 rings (SSSR count). The minimum atomic E-state index is -1.04. The van der Waals surface area contributed by atoms with Crippen LogP contribution < -0.4 is 0 Å². The standard InChI is InChI=1S/C11H6N2O2S/c14-11(15)10-7-5-16-8-4-2-1-3-6(8)9(7)12-13-10/h1-5H,(H,14,15). The van der Waals surface area contributed by atoms with Crippen LogP contribution in [0.1, 0.15) is 10.5 Å². The molecule has 16 heavy (non-hydrogen) atoms. The maximum atomic E-state index is 10.9. The van der Waals surface area contributed by atoms with Gasteiger partial charge in [0.05, 0.1) is 0 Å². The Kier molecular flexibility index (Phi) is 1.87. The Hall–Kier alpha value is -2.01. The molecule has 0 radical (unpaired) electrons. The first-order valence-corrected chi connectivity index (χ1v) is 5.51. The van der Waals surface area contributed by atoms with Gasteiger partial charge >= 0.3 is 5.97 Å². The van der Waals surface area contributed by atoms with Crippen LogP contribution in [0.25, 0.3) is 21.3 Å². The third-order valence-corrected chi connectivity index (χ3v) is 3.37. The molecule has 0 saturated heterocycles. The Balaban J connectivity index is 2.41. The molecular weight excluding hydrogens is 224 g/mol. The molecule has 1 aromatic carbocycles. The first-order valence-electron chi connectivity index (χ1n) is 4.63. The van der Waals surface area contributed by atoms with Crippen LogP contribution in [0.15, 0.2) is 29.6 Å². The van der Waals surface area contributed by atoms with Gasteiger partial charge in [0.25, 0.3) is 0 Å². The summed E-state index contributed by atoms with van der Waals surface area (Å²) in [4.78, 5) is 10.9. The maximum absolute atomic E-state index is 10.9. The number of hydrogen-bond acceptors (Lipinski definition) is 4. The van der Waals surface area contributed by atoms with Crippen LogP contribution in [0.3, 0.4) is 0 Å². The Bertz CT molecular complexity index is 662. The topological polar surface area (TPSA) is 63.1 Å². The third kappa shape index (κ3) is 1.18. The van der Waals surface area contributed by atoms with Crippen molar-refractivity contribution < 1.29 is 9.90 Å². The number of carboxylic acids is 1. The number of rotatable bonds is 1. The minimum absolute atomic E-state index is 0.0250. The summed E-state index contributed by atoms with van der Waals surface area (Å²) in [6.45, 7) is 0. The summed E-state index contributed by atoms with van der Waals surface area (Å²) in [6, 6.07) is 7.76. The fraction of sp³-hybridized carbons (Fsp3) is 0. The van der Waals surface area contributed by atoms with Crippen LogP contribution in [-0.2, 0) is 0 Å². The Labute approximate surface area is 94.5 Å². The van der Waals surface area contributed by atoms with Gasteiger partial charge in [-0.1, -0.05) is 18.2 Å². The van der Waals surface area contributed by atoms with Crippen LogP contribution in [0.2, 0.25) is 0 Å². The molecule has 0 bridgehead atoms. The molecule has 0 saturated carbocycles. The first-order chi connectivity index (χ1) is 7.77. The lowest BCUT2D eigenvalue weighted by molar-refractivity contribution is 0.0691. The van der Waals surface area contributed by atoms with E-state index in [0.717, 1.165) is 10.1 Å². The molecule has 0 aromatic heterocycles. The van der Waals surface area contributed by atoms with Gasteiger partial charge in [-0.05, 0) is 6.07 Å². The van der Waals surface area contributed by atoms with Gasteiger partial charge in [0.2, 0.25) is 0 Å². The number of aromatic nitrogens is 2. The van der Waals surface area contributed by atoms with Gasteiger partial charge in [0.15, 0.2) is 5.69 Å². The van der Waals surface area contributed by atoms with Crippen molar-refractivity contribution in [1.82, 2.24) is 10.2 Å². The molecule has 5 heteroatoms. The number of carboxylic acid groups (broad SMARTS) is 1. The highest BCUT2D eigenvalue weighted by molar-refractivity contribution is 7.17. The normalized spacial score (nSPS) is 11.0. The molecule has 0 atom stereocenters. The van der Waals surface area contributed by atoms with Crippen LogP contribution in [0, 0.1) is 0 Å². The molecule has 4 nitrogen and oxygen atoms in total. The summed E-state index contributed by atoms with van der Waals surface area (Å²) in [5, 5.41) is 19.3. The number of benzene rings is 1. The highest BCUT2D eigenvalue weighted by Gasteiger charge is 2.20. The molecule has 1 N–H and O–H groups in total. The second-order valence-electron chi connectivity index (χ2n) is 3.35. The molecule has 0 unspecified atom stereocenters. The number of carbonyl (C=O) groups is 1. The lowest BCUT2D eigenvalue weighted by Crippen LogP contribution is -1.97. The Morgan fingerprint density at radius 1 is 1.25 bits per heavy atom. The maximum Gasteiger partial charge on any atom is 0.357 e. The van der Waals surface area contributed by atoms with Crippen molar-refractivity contribution in [2.45, 2.75) is 0 Å². The van der Waals surface area contributed by atoms with Gasteiger partial charge in [-0.2, -0.15) is 0 Å². The van der Waals surface area contributed by atoms with Gasteiger partial charge < -0.3 is 5.11 Å². The number of hydrogen-bond donors (Lipinski definition) is 1. The van der Waals surface area contributed by atoms with Gasteiger partial charge in [0.1, 0.15) is 5.69 Å². The molecule has 2 aliphatic heterocycles. The zero-order valence-corrected chi connectivity index (χ0v) is 8.86. The minimum Gasteiger partial charge on any atom is -0.476 e. The Morgan fingerprint density at radius 2 is 2.06 bits per heavy atom. The molecule has 0 fully saturated rings. The molecular formula is C11H6N2O2S. The van der Waals surface area contributed by atoms with E-state index in [1.165, 1.54) is 11.3 Å². The zero-order chi connectivity index (χ0) is 11.1. The van der Waals surface area contributed by atoms with E-state index in [4.69, 9.17) is 5.11 Å². The number of aromatic carboxylic acids is 1. The SMILES string of the molecule is O=C(O)c1nnc2c3ccccc3scc1-2. The Morgan fingerprint density at radius 3 is 2.88 bits per heavy atom. The highest BCUT2D eigenvalue weighted by atomic mass is 32.1. The second kappa shape index (κ2) is 3.24. The zero-order valence-electron chi connectivity index (χ0n) is 8.04. The molecule has 2 heterocycles. The molecule has 0 amide bonds. The monoisotopic (exact) mass is 230 g/mol. The van der Waals surface area contributed by atoms with Crippen molar-refractivity contribution in [1.29, 1.82) is 0 Å². The van der Waals surface area contributed by atoms with Gasteiger partial charge in [-0.3, -0.25) is 0 Å². The van der Waals surface area contributed by atoms with Crippen LogP contribution in [0.5, 0.6) is 0 Å². The van der Waals surface area contributed by atoms with Crippen molar-refractivity contribution >= 4 is 27.4 Å². The summed E-state index contributed by atoms with van der Waals surface area (Å²) in [7, 11) is 0. The average Bonchev–Trinajstić information content (AvgIpc) is 2.73. The van der Waals surface area contributed by atoms with Crippen molar-refractivity contribution in [3.05, 3.63) is 35.3 Å². The van der Waals surface area contributed by atoms with Gasteiger partial charge in [-0.25, -0.2) is 4.79 Å². The summed E-state index contributed by atoms with van der Waals surface area (Å²) < 4.78 is 1.08. The quantitative estimate of drug-likeness (QED) is 0.697. The third-order valence-electron chi connectivity index (χ3n) is 2.41. The van der Waals surface area contributed by atoms with E-state index in [1.54, 1.807) is 5.38 Å². The fourth-order valence-corrected chi connectivity index (χ4v) is 2.59. The fourth-order valence-electron chi connectivity index (χ4n) is 1.68. The molecule has 2 aliphatic rings. The van der Waals surface area contributed by atoms with E-state index >= 15 is 0 Å². The molecule has 0 spiro atoms. The molecule has 78 valence electrons. The lowest BCUT2D eigenvalue weighted by atomic mass is 10.1. The van der Waals surface area contributed by atoms with Gasteiger partial charge in [0, 0.05) is 21.0 Å². The summed E-state index contributed by atoms with van der Waals surface area (Å²) in [5.41, 5.74) is 1.29. The highest BCUT2D eigenvalue weighted by Crippen LogP contribution is 2.33. The van der Waals surface area contributed by atoms with E-state index in [1.807, 2.05) is 24.3 Å². The van der Waals surface area contributed by atoms with E-state index in [9.17, 15) is 4.79 Å². The van der Waals surface area contributed by atoms with Crippen molar-refractivity contribution in [2.24, 2.45) is 0 Å². The average molecular weight is 230 g/mol. The predicted octanol–water partition coefficient (Wildman–Crippen LogP) is 2.49. The number of nitrogens with zero attached hydrogens (tertiary/aromatic N) is 2. The van der Waals surface area contributed by atoms with E-state index in [-0.39, 0.29) is 5.69 Å². The molecule has 1 aromatic rings. The van der Waals surface area contributed by atoms with E-state index in [0.29, 0.717) is 11.3 Å². The second-order valence-corrected chi connectivity index (χ2v) is 4.26. The van der Waals surface area contributed by atoms with Crippen molar-refractivity contribution in [3.63, 3.8) is 0 Å². The predicted molar refractivity (Wildman–Crippen MR) is 61.0 cm³/mol. The van der Waals surface area contributed by atoms with Crippen LogP contribution in [-0.4, -0.2) is 21.3 Å². The largest absolute Gasteiger partial charge is 0.476 e. The first kappa shape index (κ1) is 9.23.